The molecule has 0 aliphatic heterocycles. The van der Waals surface area contributed by atoms with Crippen molar-refractivity contribution in [2.75, 3.05) is 5.32 Å². The highest BCUT2D eigenvalue weighted by Crippen LogP contribution is 2.29. The van der Waals surface area contributed by atoms with Gasteiger partial charge in [0.25, 0.3) is 0 Å². The minimum Gasteiger partial charge on any atom is -0.326 e. The maximum absolute atomic E-state index is 12.3. The number of nitrogens with one attached hydrogen (secondary N) is 1. The van der Waals surface area contributed by atoms with Crippen molar-refractivity contribution in [2.24, 2.45) is 5.14 Å². The van der Waals surface area contributed by atoms with E-state index in [0.29, 0.717) is 21.8 Å². The highest BCUT2D eigenvalue weighted by molar-refractivity contribution is 7.89. The molecule has 2 aromatic carbocycles. The first kappa shape index (κ1) is 20.0. The molecular weight excluding hydrogens is 398 g/mol. The Morgan fingerprint density at radius 1 is 1.11 bits per heavy atom. The molecule has 0 aliphatic rings. The first-order valence-electron chi connectivity index (χ1n) is 8.36. The monoisotopic (exact) mass is 415 g/mol. The molecule has 0 atom stereocenters. The molecule has 0 saturated carbocycles. The Hall–Kier alpha value is -2.74. The quantitative estimate of drug-likeness (QED) is 0.665. The number of carbonyl (C=O) groups excluding carboxylic acids is 1. The first-order valence-corrected chi connectivity index (χ1v) is 10.3. The Labute approximate surface area is 168 Å². The highest BCUT2D eigenvalue weighted by Gasteiger charge is 2.17. The van der Waals surface area contributed by atoms with Gasteiger partial charge in [0, 0.05) is 33.7 Å². The third kappa shape index (κ3) is 4.95. The van der Waals surface area contributed by atoms with Gasteiger partial charge in [0.15, 0.2) is 0 Å². The van der Waals surface area contributed by atoms with Gasteiger partial charge in [-0.1, -0.05) is 35.9 Å². The van der Waals surface area contributed by atoms with E-state index in [0.717, 1.165) is 11.3 Å². The van der Waals surface area contributed by atoms with Crippen LogP contribution in [0.1, 0.15) is 11.3 Å². The maximum Gasteiger partial charge on any atom is 0.238 e. The van der Waals surface area contributed by atoms with Gasteiger partial charge in [-0.2, -0.15) is 0 Å². The average Bonchev–Trinajstić information content (AvgIpc) is 2.64. The fourth-order valence-corrected chi connectivity index (χ4v) is 3.60. The van der Waals surface area contributed by atoms with Crippen LogP contribution in [0.2, 0.25) is 5.02 Å². The second-order valence-corrected chi connectivity index (χ2v) is 8.26. The van der Waals surface area contributed by atoms with Gasteiger partial charge in [-0.15, -0.1) is 0 Å². The third-order valence-electron chi connectivity index (χ3n) is 4.07. The first-order chi connectivity index (χ1) is 13.2. The number of sulfonamides is 1. The van der Waals surface area contributed by atoms with Crippen LogP contribution in [0.25, 0.3) is 11.1 Å². The van der Waals surface area contributed by atoms with Crippen molar-refractivity contribution < 1.29 is 13.2 Å². The van der Waals surface area contributed by atoms with Gasteiger partial charge in [-0.25, -0.2) is 13.6 Å². The van der Waals surface area contributed by atoms with E-state index in [1.54, 1.807) is 54.7 Å². The number of pyridine rings is 1. The van der Waals surface area contributed by atoms with Crippen molar-refractivity contribution in [3.05, 3.63) is 77.1 Å². The molecule has 1 heterocycles. The Morgan fingerprint density at radius 3 is 2.43 bits per heavy atom. The number of aromatic nitrogens is 1. The number of nitrogens with zero attached hydrogens (tertiary/aromatic N) is 1. The summed E-state index contributed by atoms with van der Waals surface area (Å²) in [5.74, 6) is -0.285. The number of nitrogens with two attached hydrogens (primary N) is 1. The molecule has 3 rings (SSSR count). The number of anilines is 1. The Kier molecular flexibility index (Phi) is 5.79. The topological polar surface area (TPSA) is 102 Å². The molecule has 8 heteroatoms. The molecule has 0 fully saturated rings. The van der Waals surface area contributed by atoms with Crippen molar-refractivity contribution in [1.29, 1.82) is 0 Å². The van der Waals surface area contributed by atoms with Crippen LogP contribution in [0.15, 0.2) is 65.7 Å². The summed E-state index contributed by atoms with van der Waals surface area (Å²) in [6.07, 6.45) is 1.71. The van der Waals surface area contributed by atoms with Gasteiger partial charge in [0.2, 0.25) is 15.9 Å². The molecule has 144 valence electrons. The Bertz CT molecular complexity index is 1110. The molecular formula is C20H18ClN3O3S. The van der Waals surface area contributed by atoms with Gasteiger partial charge >= 0.3 is 0 Å². The molecule has 0 unspecified atom stereocenters. The van der Waals surface area contributed by atoms with Gasteiger partial charge in [0.1, 0.15) is 0 Å². The van der Waals surface area contributed by atoms with E-state index in [4.69, 9.17) is 16.7 Å². The summed E-state index contributed by atoms with van der Waals surface area (Å²) in [6.45, 7) is 1.84. The predicted octanol–water partition coefficient (Wildman–Crippen LogP) is 3.54. The Morgan fingerprint density at radius 2 is 1.82 bits per heavy atom. The van der Waals surface area contributed by atoms with E-state index >= 15 is 0 Å². The van der Waals surface area contributed by atoms with Gasteiger partial charge < -0.3 is 5.32 Å². The van der Waals surface area contributed by atoms with Crippen LogP contribution in [-0.4, -0.2) is 19.3 Å². The number of hydrogen-bond donors (Lipinski definition) is 2. The molecule has 1 amide bonds. The zero-order valence-electron chi connectivity index (χ0n) is 15.0. The van der Waals surface area contributed by atoms with Gasteiger partial charge in [-0.05, 0) is 42.8 Å². The summed E-state index contributed by atoms with van der Waals surface area (Å²) in [5, 5.41) is 8.67. The van der Waals surface area contributed by atoms with Crippen LogP contribution in [0.3, 0.4) is 0 Å². The van der Waals surface area contributed by atoms with E-state index in [1.807, 2.05) is 6.92 Å². The number of carbonyl (C=O) groups is 1. The second-order valence-electron chi connectivity index (χ2n) is 6.30. The fraction of sp³-hybridized carbons (Fsp3) is 0.100. The largest absolute Gasteiger partial charge is 0.326 e. The zero-order chi connectivity index (χ0) is 20.3. The number of primary sulfonamides is 1. The van der Waals surface area contributed by atoms with E-state index in [9.17, 15) is 13.2 Å². The van der Waals surface area contributed by atoms with Crippen LogP contribution in [0, 0.1) is 6.92 Å². The molecule has 0 aliphatic carbocycles. The fourth-order valence-electron chi connectivity index (χ4n) is 2.69. The minimum absolute atomic E-state index is 0.0811. The lowest BCUT2D eigenvalue weighted by Gasteiger charge is -2.12. The predicted molar refractivity (Wildman–Crippen MR) is 110 cm³/mol. The van der Waals surface area contributed by atoms with E-state index < -0.39 is 10.0 Å². The highest BCUT2D eigenvalue weighted by atomic mass is 35.5. The standard InChI is InChI=1S/C20H18ClN3O3S/c1-13-2-5-15(12-23-13)18-9-8-17(11-19(18)28(22,26)27)24-20(25)10-14-3-6-16(21)7-4-14/h2-9,11-12H,10H2,1H3,(H,24,25)(H2,22,26,27). The summed E-state index contributed by atoms with van der Waals surface area (Å²) >= 11 is 5.84. The summed E-state index contributed by atoms with van der Waals surface area (Å²) in [4.78, 5) is 16.4. The molecule has 3 N–H and O–H groups in total. The number of rotatable bonds is 5. The molecule has 0 saturated heterocycles. The summed E-state index contributed by atoms with van der Waals surface area (Å²) in [6, 6.07) is 15.0. The number of hydrogen-bond acceptors (Lipinski definition) is 4. The zero-order valence-corrected chi connectivity index (χ0v) is 16.6. The van der Waals surface area contributed by atoms with E-state index in [1.165, 1.54) is 6.07 Å². The smallest absolute Gasteiger partial charge is 0.238 e. The van der Waals surface area contributed by atoms with Crippen molar-refractivity contribution in [3.8, 4) is 11.1 Å². The average molecular weight is 416 g/mol. The SMILES string of the molecule is Cc1ccc(-c2ccc(NC(=O)Cc3ccc(Cl)cc3)cc2S(N)(=O)=O)cn1. The molecule has 0 radical (unpaired) electrons. The number of halogens is 1. The third-order valence-corrected chi connectivity index (χ3v) is 5.27. The molecule has 0 bridgehead atoms. The van der Waals surface area contributed by atoms with Crippen LogP contribution in [0.5, 0.6) is 0 Å². The number of aryl methyl sites for hydroxylation is 1. The van der Waals surface area contributed by atoms with Gasteiger partial charge in [-0.3, -0.25) is 9.78 Å². The molecule has 0 spiro atoms. The summed E-state index contributed by atoms with van der Waals surface area (Å²) in [5.41, 5.74) is 2.98. The molecule has 3 aromatic rings. The van der Waals surface area contributed by atoms with Crippen LogP contribution >= 0.6 is 11.6 Å². The van der Waals surface area contributed by atoms with Crippen molar-refractivity contribution in [3.63, 3.8) is 0 Å². The van der Waals surface area contributed by atoms with E-state index in [-0.39, 0.29) is 17.2 Å². The molecule has 6 nitrogen and oxygen atoms in total. The van der Waals surface area contributed by atoms with Crippen LogP contribution in [0.4, 0.5) is 5.69 Å². The van der Waals surface area contributed by atoms with Crippen molar-refractivity contribution in [2.45, 2.75) is 18.2 Å². The van der Waals surface area contributed by atoms with Crippen LogP contribution < -0.4 is 10.5 Å². The molecule has 28 heavy (non-hydrogen) atoms. The number of benzene rings is 2. The van der Waals surface area contributed by atoms with E-state index in [2.05, 4.69) is 10.3 Å². The normalized spacial score (nSPS) is 11.2. The summed E-state index contributed by atoms with van der Waals surface area (Å²) in [7, 11) is -4.01. The number of amides is 1. The van der Waals surface area contributed by atoms with Gasteiger partial charge in [0.05, 0.1) is 11.3 Å². The van der Waals surface area contributed by atoms with Crippen molar-refractivity contribution in [1.82, 2.24) is 4.98 Å². The second kappa shape index (κ2) is 8.10. The lowest BCUT2D eigenvalue weighted by atomic mass is 10.1. The maximum atomic E-state index is 12.3. The Balaban J connectivity index is 1.87. The minimum atomic E-state index is -4.01. The summed E-state index contributed by atoms with van der Waals surface area (Å²) < 4.78 is 24.2. The molecule has 1 aromatic heterocycles. The lowest BCUT2D eigenvalue weighted by Crippen LogP contribution is -2.17. The van der Waals surface area contributed by atoms with Crippen molar-refractivity contribution >= 4 is 33.2 Å². The van der Waals surface area contributed by atoms with Crippen LogP contribution in [-0.2, 0) is 21.2 Å². The lowest BCUT2D eigenvalue weighted by molar-refractivity contribution is -0.115.